The van der Waals surface area contributed by atoms with Crippen LogP contribution in [0.3, 0.4) is 0 Å². The maximum absolute atomic E-state index is 12.2. The number of carbonyl (C=O) groups excluding carboxylic acids is 1. The molecule has 2 N–H and O–H groups in total. The molecule has 0 spiro atoms. The van der Waals surface area contributed by atoms with E-state index in [1.807, 2.05) is 0 Å². The molecule has 15 heavy (non-hydrogen) atoms. The van der Waals surface area contributed by atoms with Crippen LogP contribution >= 0.6 is 0 Å². The summed E-state index contributed by atoms with van der Waals surface area (Å²) in [5, 5.41) is 0. The maximum atomic E-state index is 12.2. The summed E-state index contributed by atoms with van der Waals surface area (Å²) in [7, 11) is 0. The third-order valence-corrected chi connectivity index (χ3v) is 1.66. The van der Waals surface area contributed by atoms with Gasteiger partial charge in [-0.2, -0.15) is 0 Å². The Bertz CT molecular complexity index is 401. The lowest BCUT2D eigenvalue weighted by atomic mass is 10.1. The van der Waals surface area contributed by atoms with Gasteiger partial charge in [0, 0.05) is 11.1 Å². The quantitative estimate of drug-likeness (QED) is 0.742. The van der Waals surface area contributed by atoms with E-state index >= 15 is 0 Å². The monoisotopic (exact) mass is 209 g/mol. The molecule has 0 saturated carbocycles. The van der Waals surface area contributed by atoms with Crippen molar-refractivity contribution in [3.8, 4) is 11.8 Å². The highest BCUT2D eigenvalue weighted by atomic mass is 19.3. The molecule has 0 radical (unpaired) electrons. The molecule has 0 saturated heterocycles. The first kappa shape index (κ1) is 11.2. The Hall–Kier alpha value is -1.89. The van der Waals surface area contributed by atoms with E-state index in [1.165, 1.54) is 24.3 Å². The van der Waals surface area contributed by atoms with Gasteiger partial charge >= 0.3 is 0 Å². The predicted molar refractivity (Wildman–Crippen MR) is 52.1 cm³/mol. The summed E-state index contributed by atoms with van der Waals surface area (Å²) >= 11 is 0. The summed E-state index contributed by atoms with van der Waals surface area (Å²) in [5.74, 6) is 4.68. The van der Waals surface area contributed by atoms with E-state index in [0.717, 1.165) is 0 Å². The van der Waals surface area contributed by atoms with E-state index in [-0.39, 0.29) is 12.0 Å². The van der Waals surface area contributed by atoms with Crippen LogP contribution in [0, 0.1) is 11.8 Å². The molecule has 2 nitrogen and oxygen atoms in total. The molecule has 0 atom stereocenters. The molecule has 1 aromatic carbocycles. The fourth-order valence-corrected chi connectivity index (χ4v) is 0.945. The zero-order chi connectivity index (χ0) is 11.3. The Morgan fingerprint density at radius 1 is 1.33 bits per heavy atom. The second-order valence-corrected chi connectivity index (χ2v) is 2.87. The van der Waals surface area contributed by atoms with Crippen LogP contribution in [-0.4, -0.2) is 5.91 Å². The van der Waals surface area contributed by atoms with Crippen molar-refractivity contribution >= 4 is 5.91 Å². The molecular weight excluding hydrogens is 200 g/mol. The number of hydrogen-bond donors (Lipinski definition) is 1. The molecule has 78 valence electrons. The Kier molecular flexibility index (Phi) is 3.81. The van der Waals surface area contributed by atoms with Crippen molar-refractivity contribution in [1.82, 2.24) is 0 Å². The first-order valence-corrected chi connectivity index (χ1v) is 4.25. The van der Waals surface area contributed by atoms with Gasteiger partial charge in [-0.3, -0.25) is 4.79 Å². The van der Waals surface area contributed by atoms with Gasteiger partial charge < -0.3 is 5.73 Å². The Morgan fingerprint density at radius 2 is 1.93 bits per heavy atom. The highest BCUT2D eigenvalue weighted by Gasteiger charge is 2.04. The van der Waals surface area contributed by atoms with Crippen molar-refractivity contribution in [2.75, 3.05) is 0 Å². The zero-order valence-electron chi connectivity index (χ0n) is 7.84. The topological polar surface area (TPSA) is 43.1 Å². The van der Waals surface area contributed by atoms with Crippen molar-refractivity contribution in [2.24, 2.45) is 5.73 Å². The van der Waals surface area contributed by atoms with Crippen LogP contribution in [0.4, 0.5) is 8.78 Å². The molecule has 0 aliphatic heterocycles. The molecule has 1 rings (SSSR count). The standard InChI is InChI=1S/C11H9F2NO/c12-11(13)9-6-4-8(5-7-9)2-1-3-10(14)15/h4-7,11H,3H2,(H2,14,15). The van der Waals surface area contributed by atoms with Crippen molar-refractivity contribution in [3.05, 3.63) is 35.4 Å². The van der Waals surface area contributed by atoms with Gasteiger partial charge in [-0.25, -0.2) is 8.78 Å². The minimum absolute atomic E-state index is 0.0312. The summed E-state index contributed by atoms with van der Waals surface area (Å²) < 4.78 is 24.3. The van der Waals surface area contributed by atoms with Gasteiger partial charge in [-0.05, 0) is 12.1 Å². The van der Waals surface area contributed by atoms with Gasteiger partial charge in [-0.1, -0.05) is 24.0 Å². The van der Waals surface area contributed by atoms with E-state index in [9.17, 15) is 13.6 Å². The fraction of sp³-hybridized carbons (Fsp3) is 0.182. The number of benzene rings is 1. The second kappa shape index (κ2) is 5.11. The van der Waals surface area contributed by atoms with Crippen LogP contribution in [0.1, 0.15) is 24.0 Å². The summed E-state index contributed by atoms with van der Waals surface area (Å²) in [4.78, 5) is 10.4. The van der Waals surface area contributed by atoms with Gasteiger partial charge in [0.15, 0.2) is 0 Å². The summed E-state index contributed by atoms with van der Waals surface area (Å²) in [6.07, 6.45) is -2.51. The third kappa shape index (κ3) is 3.77. The van der Waals surface area contributed by atoms with E-state index < -0.39 is 12.3 Å². The van der Waals surface area contributed by atoms with Crippen LogP contribution < -0.4 is 5.73 Å². The van der Waals surface area contributed by atoms with Gasteiger partial charge in [-0.15, -0.1) is 0 Å². The molecule has 0 heterocycles. The van der Waals surface area contributed by atoms with E-state index in [1.54, 1.807) is 0 Å². The van der Waals surface area contributed by atoms with Gasteiger partial charge in [0.05, 0.1) is 6.42 Å². The molecular formula is C11H9F2NO. The number of carbonyl (C=O) groups is 1. The summed E-state index contributed by atoms with van der Waals surface area (Å²) in [6, 6.07) is 5.57. The highest BCUT2D eigenvalue weighted by molar-refractivity contribution is 5.76. The lowest BCUT2D eigenvalue weighted by Gasteiger charge is -1.97. The zero-order valence-corrected chi connectivity index (χ0v) is 7.84. The Morgan fingerprint density at radius 3 is 2.40 bits per heavy atom. The Balaban J connectivity index is 2.71. The molecule has 0 aliphatic rings. The van der Waals surface area contributed by atoms with E-state index in [0.29, 0.717) is 5.56 Å². The number of alkyl halides is 2. The summed E-state index contributed by atoms with van der Waals surface area (Å²) in [5.41, 5.74) is 5.42. The highest BCUT2D eigenvalue weighted by Crippen LogP contribution is 2.18. The molecule has 0 unspecified atom stereocenters. The lowest BCUT2D eigenvalue weighted by Crippen LogP contribution is -2.08. The van der Waals surface area contributed by atoms with Gasteiger partial charge in [0.25, 0.3) is 6.43 Å². The minimum atomic E-state index is -2.47. The number of hydrogen-bond acceptors (Lipinski definition) is 1. The first-order chi connectivity index (χ1) is 7.09. The van der Waals surface area contributed by atoms with E-state index in [2.05, 4.69) is 11.8 Å². The lowest BCUT2D eigenvalue weighted by molar-refractivity contribution is -0.117. The van der Waals surface area contributed by atoms with Gasteiger partial charge in [0.1, 0.15) is 0 Å². The first-order valence-electron chi connectivity index (χ1n) is 4.25. The fourth-order valence-electron chi connectivity index (χ4n) is 0.945. The second-order valence-electron chi connectivity index (χ2n) is 2.87. The van der Waals surface area contributed by atoms with Crippen LogP contribution in [0.15, 0.2) is 24.3 Å². The third-order valence-electron chi connectivity index (χ3n) is 1.66. The predicted octanol–water partition coefficient (Wildman–Crippen LogP) is 1.85. The normalized spacial score (nSPS) is 9.53. The van der Waals surface area contributed by atoms with Crippen molar-refractivity contribution in [3.63, 3.8) is 0 Å². The average molecular weight is 209 g/mol. The van der Waals surface area contributed by atoms with E-state index in [4.69, 9.17) is 5.73 Å². The van der Waals surface area contributed by atoms with Gasteiger partial charge in [0.2, 0.25) is 5.91 Å². The molecule has 0 bridgehead atoms. The van der Waals surface area contributed by atoms with Crippen LogP contribution in [0.5, 0.6) is 0 Å². The molecule has 0 fully saturated rings. The molecule has 0 aliphatic carbocycles. The van der Waals surface area contributed by atoms with Crippen LogP contribution in [0.25, 0.3) is 0 Å². The molecule has 4 heteroatoms. The molecule has 0 aromatic heterocycles. The SMILES string of the molecule is NC(=O)CC#Cc1ccc(C(F)F)cc1. The molecule has 1 amide bonds. The van der Waals surface area contributed by atoms with Crippen molar-refractivity contribution in [1.29, 1.82) is 0 Å². The smallest absolute Gasteiger partial charge is 0.263 e. The largest absolute Gasteiger partial charge is 0.369 e. The maximum Gasteiger partial charge on any atom is 0.263 e. The Labute approximate surface area is 86.1 Å². The van der Waals surface area contributed by atoms with Crippen molar-refractivity contribution in [2.45, 2.75) is 12.8 Å². The van der Waals surface area contributed by atoms with Crippen molar-refractivity contribution < 1.29 is 13.6 Å². The molecule has 1 aromatic rings. The summed E-state index contributed by atoms with van der Waals surface area (Å²) in [6.45, 7) is 0. The average Bonchev–Trinajstić information content (AvgIpc) is 2.18. The van der Waals surface area contributed by atoms with Crippen LogP contribution in [0.2, 0.25) is 0 Å². The number of halogens is 2. The number of rotatable bonds is 2. The number of amides is 1. The minimum Gasteiger partial charge on any atom is -0.369 e. The number of primary amides is 1. The van der Waals surface area contributed by atoms with Crippen LogP contribution in [-0.2, 0) is 4.79 Å². The number of nitrogens with two attached hydrogens (primary N) is 1.